The van der Waals surface area contributed by atoms with Crippen LogP contribution in [-0.2, 0) is 9.53 Å². The lowest BCUT2D eigenvalue weighted by Crippen LogP contribution is -2.54. The fourth-order valence-corrected chi connectivity index (χ4v) is 5.49. The third-order valence-corrected chi connectivity index (χ3v) is 6.78. The predicted octanol–water partition coefficient (Wildman–Crippen LogP) is 1.29. The minimum atomic E-state index is -0.531. The van der Waals surface area contributed by atoms with Crippen LogP contribution in [0.25, 0.3) is 0 Å². The van der Waals surface area contributed by atoms with E-state index in [4.69, 9.17) is 10.5 Å². The molecule has 0 aromatic carbocycles. The second-order valence-electron chi connectivity index (χ2n) is 7.77. The van der Waals surface area contributed by atoms with Gasteiger partial charge in [-0.05, 0) is 56.3 Å². The molecule has 1 amide bonds. The van der Waals surface area contributed by atoms with E-state index in [2.05, 4.69) is 5.32 Å². The number of nitrogens with one attached hydrogen (secondary N) is 1. The van der Waals surface area contributed by atoms with Crippen molar-refractivity contribution in [1.82, 2.24) is 5.32 Å². The van der Waals surface area contributed by atoms with E-state index in [0.29, 0.717) is 19.3 Å². The first-order valence-electron chi connectivity index (χ1n) is 8.24. The monoisotopic (exact) mass is 278 g/mol. The standard InChI is InChI=1S/C16H26N2O2/c1-16(8-20-7-14(16)17)15(19)18-13-6-9-5-12(13)11-4-2-3-10(9)11/h9-14H,2-8,17H2,1H3,(H,18,19). The van der Waals surface area contributed by atoms with Crippen molar-refractivity contribution >= 4 is 5.91 Å². The third-order valence-electron chi connectivity index (χ3n) is 6.78. The van der Waals surface area contributed by atoms with Crippen LogP contribution in [0.1, 0.15) is 39.0 Å². The van der Waals surface area contributed by atoms with Gasteiger partial charge in [0.25, 0.3) is 0 Å². The van der Waals surface area contributed by atoms with Gasteiger partial charge < -0.3 is 15.8 Å². The molecule has 2 bridgehead atoms. The second kappa shape index (κ2) is 4.44. The molecule has 112 valence electrons. The second-order valence-corrected chi connectivity index (χ2v) is 7.77. The van der Waals surface area contributed by atoms with Crippen LogP contribution in [-0.4, -0.2) is 31.2 Å². The number of nitrogens with two attached hydrogens (primary N) is 1. The normalized spacial score (nSPS) is 53.3. The SMILES string of the molecule is CC1(C(=O)NC2CC3CC2C2CCCC32)COCC1N. The van der Waals surface area contributed by atoms with Crippen molar-refractivity contribution in [3.05, 3.63) is 0 Å². The highest BCUT2D eigenvalue weighted by molar-refractivity contribution is 5.84. The van der Waals surface area contributed by atoms with E-state index < -0.39 is 5.41 Å². The topological polar surface area (TPSA) is 64.3 Å². The van der Waals surface area contributed by atoms with Gasteiger partial charge in [-0.3, -0.25) is 4.79 Å². The van der Waals surface area contributed by atoms with Crippen molar-refractivity contribution in [3.63, 3.8) is 0 Å². The molecule has 4 rings (SSSR count). The highest BCUT2D eigenvalue weighted by Crippen LogP contribution is 2.58. The van der Waals surface area contributed by atoms with Gasteiger partial charge in [-0.2, -0.15) is 0 Å². The predicted molar refractivity (Wildman–Crippen MR) is 75.9 cm³/mol. The maximum atomic E-state index is 12.6. The Bertz CT molecular complexity index is 427. The average molecular weight is 278 g/mol. The van der Waals surface area contributed by atoms with Gasteiger partial charge in [0.05, 0.1) is 18.6 Å². The molecule has 0 radical (unpaired) electrons. The molecule has 3 saturated carbocycles. The van der Waals surface area contributed by atoms with Crippen molar-refractivity contribution < 1.29 is 9.53 Å². The Hall–Kier alpha value is -0.610. The molecule has 0 spiro atoms. The van der Waals surface area contributed by atoms with Crippen LogP contribution in [0.2, 0.25) is 0 Å². The zero-order valence-corrected chi connectivity index (χ0v) is 12.3. The van der Waals surface area contributed by atoms with Gasteiger partial charge in [0.1, 0.15) is 0 Å². The van der Waals surface area contributed by atoms with Crippen LogP contribution in [0, 0.1) is 29.1 Å². The molecule has 0 aromatic heterocycles. The molecule has 4 nitrogen and oxygen atoms in total. The van der Waals surface area contributed by atoms with E-state index >= 15 is 0 Å². The number of rotatable bonds is 2. The van der Waals surface area contributed by atoms with Gasteiger partial charge in [0.15, 0.2) is 0 Å². The molecule has 0 aromatic rings. The molecule has 4 heteroatoms. The van der Waals surface area contributed by atoms with E-state index in [0.717, 1.165) is 23.7 Å². The van der Waals surface area contributed by atoms with Crippen LogP contribution in [0.15, 0.2) is 0 Å². The molecule has 7 unspecified atom stereocenters. The molecule has 20 heavy (non-hydrogen) atoms. The summed E-state index contributed by atoms with van der Waals surface area (Å²) in [7, 11) is 0. The van der Waals surface area contributed by atoms with Gasteiger partial charge in [0, 0.05) is 12.1 Å². The van der Waals surface area contributed by atoms with E-state index in [1.54, 1.807) is 0 Å². The molecule has 4 aliphatic rings. The fourth-order valence-electron chi connectivity index (χ4n) is 5.49. The van der Waals surface area contributed by atoms with Gasteiger partial charge in [-0.25, -0.2) is 0 Å². The van der Waals surface area contributed by atoms with Crippen LogP contribution >= 0.6 is 0 Å². The maximum Gasteiger partial charge on any atom is 0.230 e. The van der Waals surface area contributed by atoms with Gasteiger partial charge in [-0.1, -0.05) is 6.42 Å². The Balaban J connectivity index is 1.44. The number of hydrogen-bond acceptors (Lipinski definition) is 3. The highest BCUT2D eigenvalue weighted by atomic mass is 16.5. The largest absolute Gasteiger partial charge is 0.379 e. The van der Waals surface area contributed by atoms with Crippen molar-refractivity contribution in [2.24, 2.45) is 34.8 Å². The summed E-state index contributed by atoms with van der Waals surface area (Å²) in [6, 6.07) is 0.233. The van der Waals surface area contributed by atoms with E-state index in [9.17, 15) is 4.79 Å². The van der Waals surface area contributed by atoms with Crippen molar-refractivity contribution in [3.8, 4) is 0 Å². The molecule has 7 atom stereocenters. The first kappa shape index (κ1) is 13.1. The van der Waals surface area contributed by atoms with Crippen LogP contribution in [0.3, 0.4) is 0 Å². The highest BCUT2D eigenvalue weighted by Gasteiger charge is 2.55. The number of ether oxygens (including phenoxy) is 1. The summed E-state index contributed by atoms with van der Waals surface area (Å²) < 4.78 is 5.40. The first-order valence-corrected chi connectivity index (χ1v) is 8.24. The maximum absolute atomic E-state index is 12.6. The number of hydrogen-bond donors (Lipinski definition) is 2. The lowest BCUT2D eigenvalue weighted by atomic mass is 9.78. The summed E-state index contributed by atoms with van der Waals surface area (Å²) in [4.78, 5) is 12.6. The van der Waals surface area contributed by atoms with Crippen molar-refractivity contribution in [2.45, 2.75) is 51.1 Å². The molecule has 3 N–H and O–H groups in total. The Morgan fingerprint density at radius 1 is 1.25 bits per heavy atom. The minimum absolute atomic E-state index is 0.120. The quantitative estimate of drug-likeness (QED) is 0.800. The molecular formula is C16H26N2O2. The molecular weight excluding hydrogens is 252 g/mol. The first-order chi connectivity index (χ1) is 9.59. The van der Waals surface area contributed by atoms with Crippen molar-refractivity contribution in [2.75, 3.05) is 13.2 Å². The molecule has 4 fully saturated rings. The Morgan fingerprint density at radius 3 is 2.80 bits per heavy atom. The lowest BCUT2D eigenvalue weighted by Gasteiger charge is -2.35. The average Bonchev–Trinajstić information content (AvgIpc) is 3.12. The Morgan fingerprint density at radius 2 is 2.05 bits per heavy atom. The van der Waals surface area contributed by atoms with Gasteiger partial charge in [0.2, 0.25) is 5.91 Å². The van der Waals surface area contributed by atoms with E-state index in [-0.39, 0.29) is 11.9 Å². The minimum Gasteiger partial charge on any atom is -0.379 e. The van der Waals surface area contributed by atoms with Gasteiger partial charge in [-0.15, -0.1) is 0 Å². The Labute approximate surface area is 120 Å². The Kier molecular flexibility index (Phi) is 2.90. The van der Waals surface area contributed by atoms with Crippen LogP contribution in [0.4, 0.5) is 0 Å². The third kappa shape index (κ3) is 1.70. The summed E-state index contributed by atoms with van der Waals surface area (Å²) in [6.07, 6.45) is 6.77. The molecule has 1 saturated heterocycles. The zero-order chi connectivity index (χ0) is 13.9. The number of amides is 1. The van der Waals surface area contributed by atoms with Crippen molar-refractivity contribution in [1.29, 1.82) is 0 Å². The number of carbonyl (C=O) groups is 1. The fraction of sp³-hybridized carbons (Fsp3) is 0.938. The number of fused-ring (bicyclic) bond motifs is 5. The molecule has 3 aliphatic carbocycles. The van der Waals surface area contributed by atoms with Gasteiger partial charge >= 0.3 is 0 Å². The summed E-state index contributed by atoms with van der Waals surface area (Å²) in [5.41, 5.74) is 5.53. The smallest absolute Gasteiger partial charge is 0.230 e. The molecule has 1 heterocycles. The summed E-state index contributed by atoms with van der Waals surface area (Å²) in [5, 5.41) is 3.34. The van der Waals surface area contributed by atoms with E-state index in [1.807, 2.05) is 6.92 Å². The lowest BCUT2D eigenvalue weighted by molar-refractivity contribution is -0.132. The molecule has 1 aliphatic heterocycles. The summed E-state index contributed by atoms with van der Waals surface area (Å²) in [5.74, 6) is 3.59. The summed E-state index contributed by atoms with van der Waals surface area (Å²) in [6.45, 7) is 2.92. The van der Waals surface area contributed by atoms with Crippen LogP contribution in [0.5, 0.6) is 0 Å². The van der Waals surface area contributed by atoms with E-state index in [1.165, 1.54) is 32.1 Å². The number of carbonyl (C=O) groups excluding carboxylic acids is 1. The summed E-state index contributed by atoms with van der Waals surface area (Å²) >= 11 is 0. The zero-order valence-electron chi connectivity index (χ0n) is 12.3. The van der Waals surface area contributed by atoms with Crippen LogP contribution < -0.4 is 11.1 Å².